The largest absolute Gasteiger partial charge is 0.405 e. The van der Waals surface area contributed by atoms with Crippen molar-refractivity contribution >= 4 is 11.8 Å². The van der Waals surface area contributed by atoms with Crippen LogP contribution in [0.25, 0.3) is 0 Å². The summed E-state index contributed by atoms with van der Waals surface area (Å²) in [5.74, 6) is -0.119. The molecule has 7 nitrogen and oxygen atoms in total. The van der Waals surface area contributed by atoms with Crippen LogP contribution in [-0.2, 0) is 4.79 Å². The van der Waals surface area contributed by atoms with Crippen molar-refractivity contribution in [3.05, 3.63) is 35.4 Å². The first-order valence-corrected chi connectivity index (χ1v) is 15.1. The molecule has 5 fully saturated rings. The minimum atomic E-state index is -4.26. The van der Waals surface area contributed by atoms with Crippen molar-refractivity contribution in [2.75, 3.05) is 32.7 Å². The lowest BCUT2D eigenvalue weighted by Gasteiger charge is -2.41. The summed E-state index contributed by atoms with van der Waals surface area (Å²) < 4.78 is 42.5. The fourth-order valence-corrected chi connectivity index (χ4v) is 7.58. The van der Waals surface area contributed by atoms with E-state index in [0.29, 0.717) is 57.5 Å². The Kier molecular flexibility index (Phi) is 7.63. The number of piperidine rings is 1. The first-order valence-electron chi connectivity index (χ1n) is 15.1. The van der Waals surface area contributed by atoms with Gasteiger partial charge in [0, 0.05) is 44.3 Å². The highest BCUT2D eigenvalue weighted by Gasteiger charge is 2.56. The number of alkyl halides is 3. The van der Waals surface area contributed by atoms with E-state index in [2.05, 4.69) is 10.2 Å². The van der Waals surface area contributed by atoms with E-state index in [9.17, 15) is 27.9 Å². The molecule has 2 saturated carbocycles. The van der Waals surface area contributed by atoms with Crippen LogP contribution in [0.15, 0.2) is 24.3 Å². The predicted octanol–water partition coefficient (Wildman–Crippen LogP) is 3.87. The molecular weight excluding hydrogens is 521 g/mol. The van der Waals surface area contributed by atoms with Crippen LogP contribution in [-0.4, -0.2) is 94.4 Å². The first-order chi connectivity index (χ1) is 19.1. The highest BCUT2D eigenvalue weighted by molar-refractivity contribution is 5.94. The number of fused-ring (bicyclic) bond motifs is 1. The zero-order valence-electron chi connectivity index (χ0n) is 23.0. The molecule has 1 aromatic carbocycles. The first kappa shape index (κ1) is 28.0. The second-order valence-electron chi connectivity index (χ2n) is 12.7. The third-order valence-corrected chi connectivity index (χ3v) is 10.1. The Balaban J connectivity index is 1.10. The SMILES string of the molecule is O=C(c1ccc(C2CCC3NC(C(F)(F)F)C(C4CCCCCC4)N3C2)cc1)N1CCN(C(=O)C2(O)CC2)CC1. The van der Waals surface area contributed by atoms with E-state index in [0.717, 1.165) is 50.5 Å². The van der Waals surface area contributed by atoms with Crippen LogP contribution >= 0.6 is 0 Å². The summed E-state index contributed by atoms with van der Waals surface area (Å²) in [6.07, 6.45) is 4.00. The van der Waals surface area contributed by atoms with Gasteiger partial charge >= 0.3 is 6.18 Å². The topological polar surface area (TPSA) is 76.1 Å². The fraction of sp³-hybridized carbons (Fsp3) is 0.733. The Morgan fingerprint density at radius 3 is 2.10 bits per heavy atom. The van der Waals surface area contributed by atoms with Gasteiger partial charge in [-0.15, -0.1) is 0 Å². The molecule has 0 aromatic heterocycles. The lowest BCUT2D eigenvalue weighted by molar-refractivity contribution is -0.162. The molecule has 4 atom stereocenters. The average Bonchev–Trinajstić information content (AvgIpc) is 3.67. The van der Waals surface area contributed by atoms with Gasteiger partial charge in [-0.2, -0.15) is 13.2 Å². The lowest BCUT2D eigenvalue weighted by atomic mass is 9.84. The van der Waals surface area contributed by atoms with Gasteiger partial charge in [0.15, 0.2) is 0 Å². The van der Waals surface area contributed by atoms with Gasteiger partial charge in [0.05, 0.1) is 6.17 Å². The molecule has 4 unspecified atom stereocenters. The van der Waals surface area contributed by atoms with Gasteiger partial charge in [0.1, 0.15) is 11.6 Å². The Labute approximate surface area is 234 Å². The minimum absolute atomic E-state index is 0.0633. The van der Waals surface area contributed by atoms with Gasteiger partial charge < -0.3 is 14.9 Å². The maximum atomic E-state index is 14.2. The van der Waals surface area contributed by atoms with Crippen LogP contribution in [0.1, 0.15) is 86.0 Å². The van der Waals surface area contributed by atoms with Gasteiger partial charge in [0.2, 0.25) is 0 Å². The molecule has 1 aromatic rings. The number of hydrogen-bond donors (Lipinski definition) is 2. The summed E-state index contributed by atoms with van der Waals surface area (Å²) in [5.41, 5.74) is 0.461. The van der Waals surface area contributed by atoms with Crippen molar-refractivity contribution in [3.8, 4) is 0 Å². The molecule has 6 rings (SSSR count). The van der Waals surface area contributed by atoms with E-state index in [1.807, 2.05) is 24.3 Å². The number of carbonyl (C=O) groups is 2. The quantitative estimate of drug-likeness (QED) is 0.545. The molecule has 2 amide bonds. The Bertz CT molecular complexity index is 1080. The highest BCUT2D eigenvalue weighted by Crippen LogP contribution is 2.43. The monoisotopic (exact) mass is 562 g/mol. The van der Waals surface area contributed by atoms with Crippen molar-refractivity contribution in [1.29, 1.82) is 0 Å². The molecule has 10 heteroatoms. The number of benzene rings is 1. The predicted molar refractivity (Wildman–Crippen MR) is 144 cm³/mol. The van der Waals surface area contributed by atoms with E-state index in [-0.39, 0.29) is 29.8 Å². The number of nitrogens with zero attached hydrogens (tertiary/aromatic N) is 3. The normalized spacial score (nSPS) is 31.5. The van der Waals surface area contributed by atoms with Crippen molar-refractivity contribution in [2.24, 2.45) is 5.92 Å². The standard InChI is InChI=1S/C30H41F3N4O3/c31-30(32,33)26-25(21-5-3-1-2-4-6-21)37-19-23(11-12-24(37)34-26)20-7-9-22(10-8-20)27(38)35-15-17-36(18-16-35)28(39)29(40)13-14-29/h7-10,21,23-26,34,40H,1-6,11-19H2. The number of nitrogens with one attached hydrogen (secondary N) is 1. The third kappa shape index (κ3) is 5.51. The molecule has 3 aliphatic heterocycles. The summed E-state index contributed by atoms with van der Waals surface area (Å²) in [7, 11) is 0. The van der Waals surface area contributed by atoms with Gasteiger partial charge in [-0.05, 0) is 68.1 Å². The number of hydrogen-bond acceptors (Lipinski definition) is 5. The number of halogens is 3. The third-order valence-electron chi connectivity index (χ3n) is 10.1. The van der Waals surface area contributed by atoms with Gasteiger partial charge in [0.25, 0.3) is 11.8 Å². The Hall–Kier alpha value is -2.17. The molecule has 0 bridgehead atoms. The summed E-state index contributed by atoms with van der Waals surface area (Å²) in [6, 6.07) is 5.60. The second-order valence-corrected chi connectivity index (χ2v) is 12.7. The average molecular weight is 563 g/mol. The van der Waals surface area contributed by atoms with Crippen LogP contribution in [0.3, 0.4) is 0 Å². The number of rotatable bonds is 4. The van der Waals surface area contributed by atoms with Crippen LogP contribution in [0.5, 0.6) is 0 Å². The van der Waals surface area contributed by atoms with E-state index < -0.39 is 23.9 Å². The van der Waals surface area contributed by atoms with E-state index in [1.54, 1.807) is 9.80 Å². The molecule has 40 heavy (non-hydrogen) atoms. The molecule has 0 spiro atoms. The van der Waals surface area contributed by atoms with Crippen LogP contribution in [0.2, 0.25) is 0 Å². The molecule has 220 valence electrons. The van der Waals surface area contributed by atoms with Gasteiger partial charge in [-0.25, -0.2) is 0 Å². The summed E-state index contributed by atoms with van der Waals surface area (Å²) in [4.78, 5) is 31.1. The Morgan fingerprint density at radius 2 is 1.50 bits per heavy atom. The maximum absolute atomic E-state index is 14.2. The van der Waals surface area contributed by atoms with Crippen LogP contribution in [0, 0.1) is 5.92 Å². The van der Waals surface area contributed by atoms with Crippen LogP contribution < -0.4 is 5.32 Å². The molecule has 5 aliphatic rings. The fourth-order valence-electron chi connectivity index (χ4n) is 7.58. The van der Waals surface area contributed by atoms with Gasteiger partial charge in [-0.1, -0.05) is 37.8 Å². The van der Waals surface area contributed by atoms with Crippen molar-refractivity contribution in [3.63, 3.8) is 0 Å². The Morgan fingerprint density at radius 1 is 0.875 bits per heavy atom. The van der Waals surface area contributed by atoms with Crippen LogP contribution in [0.4, 0.5) is 13.2 Å². The summed E-state index contributed by atoms with van der Waals surface area (Å²) in [5, 5.41) is 13.1. The van der Waals surface area contributed by atoms with E-state index >= 15 is 0 Å². The molecular formula is C30H41F3N4O3. The molecule has 0 radical (unpaired) electrons. The van der Waals surface area contributed by atoms with Gasteiger partial charge in [-0.3, -0.25) is 19.8 Å². The molecule has 2 N–H and O–H groups in total. The molecule has 2 aliphatic carbocycles. The summed E-state index contributed by atoms with van der Waals surface area (Å²) in [6.45, 7) is 2.29. The van der Waals surface area contributed by atoms with E-state index in [1.165, 1.54) is 0 Å². The van der Waals surface area contributed by atoms with Crippen molar-refractivity contribution in [1.82, 2.24) is 20.0 Å². The number of carbonyl (C=O) groups excluding carboxylic acids is 2. The lowest BCUT2D eigenvalue weighted by Crippen LogP contribution is -2.53. The van der Waals surface area contributed by atoms with Crippen molar-refractivity contribution in [2.45, 2.75) is 100 Å². The summed E-state index contributed by atoms with van der Waals surface area (Å²) >= 11 is 0. The zero-order chi connectivity index (χ0) is 28.1. The zero-order valence-corrected chi connectivity index (χ0v) is 23.0. The van der Waals surface area contributed by atoms with E-state index in [4.69, 9.17) is 0 Å². The maximum Gasteiger partial charge on any atom is 0.405 e. The highest BCUT2D eigenvalue weighted by atomic mass is 19.4. The molecule has 3 saturated heterocycles. The second kappa shape index (κ2) is 10.9. The molecule has 3 heterocycles. The number of piperazine rings is 1. The number of amides is 2. The minimum Gasteiger partial charge on any atom is -0.380 e. The number of aliphatic hydroxyl groups is 1. The van der Waals surface area contributed by atoms with Crippen molar-refractivity contribution < 1.29 is 27.9 Å². The smallest absolute Gasteiger partial charge is 0.380 e.